The van der Waals surface area contributed by atoms with Gasteiger partial charge in [0.15, 0.2) is 0 Å². The van der Waals surface area contributed by atoms with E-state index < -0.39 is 23.5 Å². The van der Waals surface area contributed by atoms with E-state index in [9.17, 15) is 35.9 Å². The highest BCUT2D eigenvalue weighted by Crippen LogP contribution is 2.38. The van der Waals surface area contributed by atoms with Crippen LogP contribution in [0, 0.1) is 0 Å². The molecule has 2 aliphatic heterocycles. The lowest BCUT2D eigenvalue weighted by molar-refractivity contribution is -0.143. The molecular weight excluding hydrogens is 598 g/mol. The van der Waals surface area contributed by atoms with Crippen LogP contribution in [0.25, 0.3) is 17.0 Å². The molecule has 0 spiro atoms. The fourth-order valence-electron chi connectivity index (χ4n) is 5.06. The number of amides is 2. The summed E-state index contributed by atoms with van der Waals surface area (Å²) in [4.78, 5) is 30.2. The standard InChI is InChI=1S/C28H26F6N6O2S/c29-27(30,31)19-3-2-17(21(11-19)28(32,33)34)14-40-22-4-1-16(9-18(22)12-37-40)10-23-26(42)38-25(43-23)13-36-20-5-7-39(8-6-20)15-24(35)41/h1-4,9-12,20,36H,5-8,13-15H2,(H2,35,41). The lowest BCUT2D eigenvalue weighted by Crippen LogP contribution is -2.46. The summed E-state index contributed by atoms with van der Waals surface area (Å²) >= 11 is 1.25. The molecular formula is C28H26F6N6O2S. The molecule has 1 fully saturated rings. The molecule has 0 atom stereocenters. The number of fused-ring (bicyclic) bond motifs is 1. The molecule has 0 aliphatic carbocycles. The second kappa shape index (κ2) is 12.1. The van der Waals surface area contributed by atoms with Gasteiger partial charge in [-0.1, -0.05) is 23.9 Å². The summed E-state index contributed by atoms with van der Waals surface area (Å²) in [5, 5.41) is 8.76. The number of rotatable bonds is 8. The molecule has 1 aromatic heterocycles. The predicted octanol–water partition coefficient (Wildman–Crippen LogP) is 4.67. The number of primary amides is 1. The van der Waals surface area contributed by atoms with Gasteiger partial charge in [0.25, 0.3) is 5.91 Å². The Kier molecular flexibility index (Phi) is 8.68. The van der Waals surface area contributed by atoms with Gasteiger partial charge in [0.2, 0.25) is 5.91 Å². The van der Waals surface area contributed by atoms with E-state index in [1.165, 1.54) is 22.6 Å². The van der Waals surface area contributed by atoms with Crippen molar-refractivity contribution in [2.75, 3.05) is 26.2 Å². The van der Waals surface area contributed by atoms with E-state index in [1.54, 1.807) is 24.3 Å². The first-order chi connectivity index (χ1) is 20.3. The van der Waals surface area contributed by atoms with Gasteiger partial charge in [-0.25, -0.2) is 4.99 Å². The van der Waals surface area contributed by atoms with Gasteiger partial charge in [-0.05, 0) is 54.3 Å². The molecule has 5 rings (SSSR count). The third-order valence-electron chi connectivity index (χ3n) is 7.20. The first-order valence-corrected chi connectivity index (χ1v) is 14.1. The van der Waals surface area contributed by atoms with Gasteiger partial charge in [-0.15, -0.1) is 0 Å². The summed E-state index contributed by atoms with van der Waals surface area (Å²) < 4.78 is 81.2. The Balaban J connectivity index is 1.24. The molecule has 0 unspecified atom stereocenters. The monoisotopic (exact) mass is 624 g/mol. The highest BCUT2D eigenvalue weighted by atomic mass is 32.2. The number of hydrogen-bond donors (Lipinski definition) is 2. The number of nitrogens with two attached hydrogens (primary N) is 1. The van der Waals surface area contributed by atoms with Gasteiger partial charge in [0, 0.05) is 31.1 Å². The van der Waals surface area contributed by atoms with Crippen LogP contribution in [0.2, 0.25) is 0 Å². The van der Waals surface area contributed by atoms with Crippen molar-refractivity contribution < 1.29 is 35.9 Å². The number of benzene rings is 2. The fraction of sp³-hybridized carbons (Fsp3) is 0.357. The number of likely N-dealkylation sites (tertiary alicyclic amines) is 1. The number of carbonyl (C=O) groups excluding carboxylic acids is 2. The number of piperidine rings is 1. The molecule has 3 aromatic rings. The second-order valence-corrected chi connectivity index (χ2v) is 11.4. The average molecular weight is 625 g/mol. The van der Waals surface area contributed by atoms with Gasteiger partial charge in [-0.2, -0.15) is 31.4 Å². The molecule has 43 heavy (non-hydrogen) atoms. The molecule has 0 radical (unpaired) electrons. The summed E-state index contributed by atoms with van der Waals surface area (Å²) in [5.41, 5.74) is 3.28. The molecule has 1 saturated heterocycles. The van der Waals surface area contributed by atoms with E-state index in [4.69, 9.17) is 5.73 Å². The molecule has 2 aliphatic rings. The number of aromatic nitrogens is 2. The summed E-state index contributed by atoms with van der Waals surface area (Å²) in [6.45, 7) is 1.76. The highest BCUT2D eigenvalue weighted by molar-refractivity contribution is 8.18. The molecule has 0 saturated carbocycles. The Morgan fingerprint density at radius 1 is 1.07 bits per heavy atom. The molecule has 8 nitrogen and oxygen atoms in total. The topological polar surface area (TPSA) is 106 Å². The molecule has 0 bridgehead atoms. The first kappa shape index (κ1) is 30.8. The van der Waals surface area contributed by atoms with Gasteiger partial charge in [0.05, 0.1) is 45.9 Å². The number of aliphatic imine (C=N–C) groups is 1. The Hall–Kier alpha value is -3.69. The molecule has 2 amide bonds. The third kappa shape index (κ3) is 7.46. The largest absolute Gasteiger partial charge is 0.416 e. The number of halogens is 6. The summed E-state index contributed by atoms with van der Waals surface area (Å²) in [7, 11) is 0. The smallest absolute Gasteiger partial charge is 0.369 e. The Labute approximate surface area is 246 Å². The van der Waals surface area contributed by atoms with Crippen LogP contribution in [0.3, 0.4) is 0 Å². The van der Waals surface area contributed by atoms with E-state index in [-0.39, 0.29) is 42.6 Å². The van der Waals surface area contributed by atoms with Crippen LogP contribution < -0.4 is 11.1 Å². The van der Waals surface area contributed by atoms with Crippen molar-refractivity contribution in [2.45, 2.75) is 37.8 Å². The van der Waals surface area contributed by atoms with Crippen LogP contribution in [0.5, 0.6) is 0 Å². The van der Waals surface area contributed by atoms with E-state index in [0.29, 0.717) is 39.0 Å². The maximum Gasteiger partial charge on any atom is 0.416 e. The normalized spacial score (nSPS) is 18.1. The minimum Gasteiger partial charge on any atom is -0.369 e. The van der Waals surface area contributed by atoms with Crippen LogP contribution in [-0.4, -0.2) is 63.8 Å². The van der Waals surface area contributed by atoms with Crippen LogP contribution >= 0.6 is 11.8 Å². The van der Waals surface area contributed by atoms with Crippen molar-refractivity contribution in [1.29, 1.82) is 0 Å². The van der Waals surface area contributed by atoms with Crippen molar-refractivity contribution in [1.82, 2.24) is 20.0 Å². The lowest BCUT2D eigenvalue weighted by atomic mass is 10.0. The lowest BCUT2D eigenvalue weighted by Gasteiger charge is -2.31. The quantitative estimate of drug-likeness (QED) is 0.279. The zero-order chi connectivity index (χ0) is 30.9. The zero-order valence-electron chi connectivity index (χ0n) is 22.5. The van der Waals surface area contributed by atoms with Crippen LogP contribution in [-0.2, 0) is 28.5 Å². The summed E-state index contributed by atoms with van der Waals surface area (Å²) in [6.07, 6.45) is -5.10. The van der Waals surface area contributed by atoms with E-state index in [2.05, 4.69) is 15.4 Å². The number of hydrogen-bond acceptors (Lipinski definition) is 6. The number of nitrogens with one attached hydrogen (secondary N) is 1. The first-order valence-electron chi connectivity index (χ1n) is 13.2. The van der Waals surface area contributed by atoms with Gasteiger partial charge >= 0.3 is 12.4 Å². The van der Waals surface area contributed by atoms with Crippen LogP contribution in [0.15, 0.2) is 52.5 Å². The Bertz CT molecular complexity index is 1610. The molecule has 2 aromatic carbocycles. The van der Waals surface area contributed by atoms with Crippen molar-refractivity contribution >= 4 is 45.6 Å². The van der Waals surface area contributed by atoms with Gasteiger partial charge < -0.3 is 11.1 Å². The van der Waals surface area contributed by atoms with Crippen molar-refractivity contribution in [3.05, 3.63) is 69.8 Å². The number of alkyl halides is 6. The summed E-state index contributed by atoms with van der Waals surface area (Å²) in [6, 6.07) is 6.80. The Morgan fingerprint density at radius 3 is 2.49 bits per heavy atom. The third-order valence-corrected chi connectivity index (χ3v) is 8.18. The SMILES string of the molecule is NC(=O)CN1CCC(NCC2=NC(=O)C(=Cc3ccc4c(cnn4Cc4ccc(C(F)(F)F)cc4C(F)(F)F)c3)S2)CC1. The zero-order valence-corrected chi connectivity index (χ0v) is 23.3. The van der Waals surface area contributed by atoms with Crippen LogP contribution in [0.1, 0.15) is 35.1 Å². The molecule has 228 valence electrons. The van der Waals surface area contributed by atoms with E-state index in [0.717, 1.165) is 32.0 Å². The molecule has 15 heteroatoms. The van der Waals surface area contributed by atoms with Crippen molar-refractivity contribution in [2.24, 2.45) is 10.7 Å². The molecule has 3 heterocycles. The minimum absolute atomic E-state index is 0.114. The number of carbonyl (C=O) groups is 2. The number of thioether (sulfide) groups is 1. The van der Waals surface area contributed by atoms with Crippen molar-refractivity contribution in [3.63, 3.8) is 0 Å². The molecule has 3 N–H and O–H groups in total. The summed E-state index contributed by atoms with van der Waals surface area (Å²) in [5.74, 6) is -0.734. The van der Waals surface area contributed by atoms with Crippen molar-refractivity contribution in [3.8, 4) is 0 Å². The second-order valence-electron chi connectivity index (χ2n) is 10.3. The fourth-order valence-corrected chi connectivity index (χ4v) is 5.93. The van der Waals surface area contributed by atoms with Gasteiger partial charge in [-0.3, -0.25) is 19.2 Å². The van der Waals surface area contributed by atoms with Gasteiger partial charge in [0.1, 0.15) is 0 Å². The van der Waals surface area contributed by atoms with Crippen LogP contribution in [0.4, 0.5) is 26.3 Å². The minimum atomic E-state index is -4.98. The maximum absolute atomic E-state index is 13.6. The highest BCUT2D eigenvalue weighted by Gasteiger charge is 2.38. The maximum atomic E-state index is 13.6. The van der Waals surface area contributed by atoms with E-state index in [1.807, 2.05) is 4.90 Å². The Morgan fingerprint density at radius 2 is 1.81 bits per heavy atom. The number of nitrogens with zero attached hydrogens (tertiary/aromatic N) is 4. The van der Waals surface area contributed by atoms with E-state index >= 15 is 0 Å². The average Bonchev–Trinajstić information content (AvgIpc) is 3.49. The predicted molar refractivity (Wildman–Crippen MR) is 150 cm³/mol.